The Bertz CT molecular complexity index is 571. The van der Waals surface area contributed by atoms with Crippen molar-refractivity contribution in [3.63, 3.8) is 0 Å². The monoisotopic (exact) mass is 336 g/mol. The van der Waals surface area contributed by atoms with Crippen LogP contribution in [0.2, 0.25) is 0 Å². The maximum atomic E-state index is 12.0. The van der Waals surface area contributed by atoms with Crippen LogP contribution < -0.4 is 11.1 Å². The van der Waals surface area contributed by atoms with Crippen LogP contribution in [0.3, 0.4) is 0 Å². The fraction of sp³-hybridized carbons (Fsp3) is 0.412. The van der Waals surface area contributed by atoms with Gasteiger partial charge in [-0.15, -0.1) is 12.4 Å². The molecule has 1 aromatic heterocycles. The average Bonchev–Trinajstić information content (AvgIpc) is 2.95. The summed E-state index contributed by atoms with van der Waals surface area (Å²) in [4.78, 5) is 16.2. The highest BCUT2D eigenvalue weighted by Crippen LogP contribution is 2.10. The number of imidazole rings is 1. The molecular formula is C17H25ClN4O. The molecule has 5 nitrogen and oxygen atoms in total. The van der Waals surface area contributed by atoms with Gasteiger partial charge in [0.25, 0.3) is 0 Å². The van der Waals surface area contributed by atoms with E-state index in [9.17, 15) is 4.79 Å². The first-order valence-corrected chi connectivity index (χ1v) is 7.84. The number of nitrogens with two attached hydrogens (primary N) is 1. The first kappa shape index (κ1) is 19.2. The minimum absolute atomic E-state index is 0. The summed E-state index contributed by atoms with van der Waals surface area (Å²) in [5, 5.41) is 2.89. The predicted molar refractivity (Wildman–Crippen MR) is 95.8 cm³/mol. The molecule has 0 saturated heterocycles. The Morgan fingerprint density at radius 1 is 1.13 bits per heavy atom. The van der Waals surface area contributed by atoms with Crippen molar-refractivity contribution in [2.24, 2.45) is 5.73 Å². The molecule has 2 rings (SSSR count). The quantitative estimate of drug-likeness (QED) is 0.691. The van der Waals surface area contributed by atoms with Crippen LogP contribution >= 0.6 is 12.4 Å². The summed E-state index contributed by atoms with van der Waals surface area (Å²) in [7, 11) is 0. The van der Waals surface area contributed by atoms with Crippen LogP contribution in [0, 0.1) is 0 Å². The van der Waals surface area contributed by atoms with E-state index in [4.69, 9.17) is 5.73 Å². The molecule has 0 aliphatic rings. The highest BCUT2D eigenvalue weighted by atomic mass is 35.5. The number of halogens is 1. The molecule has 0 aliphatic carbocycles. The van der Waals surface area contributed by atoms with Crippen molar-refractivity contribution in [2.75, 3.05) is 11.9 Å². The normalized spacial score (nSPS) is 10.1. The zero-order valence-electron chi connectivity index (χ0n) is 13.3. The smallest absolute Gasteiger partial charge is 0.226 e. The molecule has 1 amide bonds. The van der Waals surface area contributed by atoms with Gasteiger partial charge in [0.15, 0.2) is 0 Å². The van der Waals surface area contributed by atoms with Crippen molar-refractivity contribution >= 4 is 24.3 Å². The number of anilines is 1. The molecule has 3 N–H and O–H groups in total. The van der Waals surface area contributed by atoms with Crippen molar-refractivity contribution < 1.29 is 4.79 Å². The third kappa shape index (κ3) is 6.84. The van der Waals surface area contributed by atoms with Crippen LogP contribution in [0.15, 0.2) is 42.7 Å². The fourth-order valence-corrected chi connectivity index (χ4v) is 2.31. The van der Waals surface area contributed by atoms with E-state index < -0.39 is 0 Å². The molecule has 1 heterocycles. The minimum Gasteiger partial charge on any atom is -0.330 e. The molecule has 0 bridgehead atoms. The number of carbonyl (C=O) groups is 1. The van der Waals surface area contributed by atoms with Gasteiger partial charge >= 0.3 is 0 Å². The van der Waals surface area contributed by atoms with E-state index in [0.29, 0.717) is 18.9 Å². The summed E-state index contributed by atoms with van der Waals surface area (Å²) in [6.45, 7) is 1.43. The Morgan fingerprint density at radius 2 is 1.87 bits per heavy atom. The molecule has 0 radical (unpaired) electrons. The van der Waals surface area contributed by atoms with Crippen molar-refractivity contribution in [3.8, 4) is 0 Å². The zero-order chi connectivity index (χ0) is 15.6. The van der Waals surface area contributed by atoms with E-state index in [0.717, 1.165) is 32.2 Å². The lowest BCUT2D eigenvalue weighted by molar-refractivity contribution is -0.116. The highest BCUT2D eigenvalue weighted by molar-refractivity contribution is 5.89. The number of rotatable bonds is 9. The van der Waals surface area contributed by atoms with Crippen LogP contribution in [-0.2, 0) is 11.3 Å². The number of nitrogens with one attached hydrogen (secondary N) is 1. The van der Waals surface area contributed by atoms with Crippen LogP contribution in [0.5, 0.6) is 0 Å². The largest absolute Gasteiger partial charge is 0.330 e. The molecule has 0 unspecified atom stereocenters. The van der Waals surface area contributed by atoms with E-state index in [1.54, 1.807) is 6.20 Å². The van der Waals surface area contributed by atoms with Gasteiger partial charge in [-0.25, -0.2) is 4.98 Å². The summed E-state index contributed by atoms with van der Waals surface area (Å²) >= 11 is 0. The summed E-state index contributed by atoms with van der Waals surface area (Å²) in [5.41, 5.74) is 6.63. The lowest BCUT2D eigenvalue weighted by atomic mass is 10.1. The van der Waals surface area contributed by atoms with Gasteiger partial charge in [0, 0.05) is 18.8 Å². The van der Waals surface area contributed by atoms with Gasteiger partial charge in [-0.05, 0) is 24.9 Å². The number of carbonyl (C=O) groups excluding carboxylic acids is 1. The number of hydrogen-bond acceptors (Lipinski definition) is 3. The Hall–Kier alpha value is -1.85. The van der Waals surface area contributed by atoms with Crippen molar-refractivity contribution in [1.29, 1.82) is 0 Å². The van der Waals surface area contributed by atoms with Gasteiger partial charge < -0.3 is 10.3 Å². The second-order valence-electron chi connectivity index (χ2n) is 5.37. The van der Waals surface area contributed by atoms with Gasteiger partial charge in [-0.3, -0.25) is 10.1 Å². The molecule has 0 saturated carbocycles. The summed E-state index contributed by atoms with van der Waals surface area (Å²) in [6.07, 6.45) is 8.18. The van der Waals surface area contributed by atoms with Crippen LogP contribution in [-0.4, -0.2) is 22.0 Å². The van der Waals surface area contributed by atoms with Crippen molar-refractivity contribution in [2.45, 2.75) is 38.6 Å². The van der Waals surface area contributed by atoms with Crippen LogP contribution in [0.1, 0.15) is 37.7 Å². The highest BCUT2D eigenvalue weighted by Gasteiger charge is 2.07. The Balaban J connectivity index is 0.00000264. The van der Waals surface area contributed by atoms with Gasteiger partial charge in [0.2, 0.25) is 11.9 Å². The summed E-state index contributed by atoms with van der Waals surface area (Å²) in [6, 6.07) is 10.1. The summed E-state index contributed by atoms with van der Waals surface area (Å²) < 4.78 is 1.95. The lowest BCUT2D eigenvalue weighted by Gasteiger charge is -2.09. The number of benzene rings is 1. The van der Waals surface area contributed by atoms with Crippen molar-refractivity contribution in [3.05, 3.63) is 48.3 Å². The molecule has 0 atom stereocenters. The molecular weight excluding hydrogens is 312 g/mol. The van der Waals surface area contributed by atoms with Gasteiger partial charge in [0.1, 0.15) is 0 Å². The third-order valence-electron chi connectivity index (χ3n) is 3.52. The topological polar surface area (TPSA) is 72.9 Å². The van der Waals surface area contributed by atoms with E-state index in [1.807, 2.05) is 29.0 Å². The molecule has 0 spiro atoms. The van der Waals surface area contributed by atoms with E-state index in [-0.39, 0.29) is 18.3 Å². The Labute approximate surface area is 143 Å². The second-order valence-corrected chi connectivity index (χ2v) is 5.37. The van der Waals surface area contributed by atoms with E-state index in [2.05, 4.69) is 22.4 Å². The fourth-order valence-electron chi connectivity index (χ4n) is 2.31. The molecule has 6 heteroatoms. The van der Waals surface area contributed by atoms with Crippen LogP contribution in [0.25, 0.3) is 0 Å². The summed E-state index contributed by atoms with van der Waals surface area (Å²) in [5.74, 6) is 0.629. The Morgan fingerprint density at radius 3 is 2.61 bits per heavy atom. The molecule has 23 heavy (non-hydrogen) atoms. The number of hydrogen-bond donors (Lipinski definition) is 2. The molecule has 126 valence electrons. The first-order chi connectivity index (χ1) is 10.8. The van der Waals surface area contributed by atoms with Crippen LogP contribution in [0.4, 0.5) is 5.95 Å². The molecule has 0 fully saturated rings. The number of unbranched alkanes of at least 4 members (excludes halogenated alkanes) is 3. The number of nitrogens with zero attached hydrogens (tertiary/aromatic N) is 2. The van der Waals surface area contributed by atoms with Crippen molar-refractivity contribution in [1.82, 2.24) is 9.55 Å². The molecule has 1 aromatic carbocycles. The predicted octanol–water partition coefficient (Wildman–Crippen LogP) is 3.20. The maximum absolute atomic E-state index is 12.0. The zero-order valence-corrected chi connectivity index (χ0v) is 14.1. The van der Waals surface area contributed by atoms with Gasteiger partial charge in [-0.2, -0.15) is 0 Å². The lowest BCUT2D eigenvalue weighted by Crippen LogP contribution is -2.15. The Kier molecular flexibility index (Phi) is 9.02. The third-order valence-corrected chi connectivity index (χ3v) is 3.52. The number of amides is 1. The minimum atomic E-state index is 0. The molecule has 0 aliphatic heterocycles. The SMILES string of the molecule is Cl.NCCCCCCC(=O)Nc1nccn1Cc1ccccc1. The first-order valence-electron chi connectivity index (χ1n) is 7.84. The average molecular weight is 337 g/mol. The van der Waals surface area contributed by atoms with E-state index in [1.165, 1.54) is 5.56 Å². The maximum Gasteiger partial charge on any atom is 0.226 e. The standard InChI is InChI=1S/C17H24N4O.ClH/c18-11-7-2-1-6-10-16(22)20-17-19-12-13-21(17)14-15-8-4-3-5-9-15;/h3-5,8-9,12-13H,1-2,6-7,10-11,14,18H2,(H,19,20,22);1H. The van der Waals surface area contributed by atoms with Gasteiger partial charge in [-0.1, -0.05) is 43.2 Å². The second kappa shape index (κ2) is 10.8. The van der Waals surface area contributed by atoms with Gasteiger partial charge in [0.05, 0.1) is 6.54 Å². The number of aromatic nitrogens is 2. The van der Waals surface area contributed by atoms with E-state index >= 15 is 0 Å². The molecule has 2 aromatic rings.